The number of nitrogens with zero attached hydrogens (tertiary/aromatic N) is 1. The van der Waals surface area contributed by atoms with Crippen LogP contribution in [0.25, 0.3) is 0 Å². The molecule has 1 atom stereocenters. The fourth-order valence-corrected chi connectivity index (χ4v) is 2.51. The molecule has 0 saturated heterocycles. The van der Waals surface area contributed by atoms with E-state index in [-0.39, 0.29) is 5.56 Å². The SMILES string of the molecule is O=C(N[C@H](c1ccncc1)c1ccc(Cl)cc1)c1ccc[nH]c1=O. The summed E-state index contributed by atoms with van der Waals surface area (Å²) in [5.41, 5.74) is 1.34. The topological polar surface area (TPSA) is 74.8 Å². The predicted molar refractivity (Wildman–Crippen MR) is 92.1 cm³/mol. The quantitative estimate of drug-likeness (QED) is 0.767. The van der Waals surface area contributed by atoms with E-state index in [1.54, 1.807) is 30.6 Å². The van der Waals surface area contributed by atoms with Gasteiger partial charge in [0.05, 0.1) is 6.04 Å². The highest BCUT2D eigenvalue weighted by Gasteiger charge is 2.19. The Bertz CT molecular complexity index is 892. The molecule has 0 unspecified atom stereocenters. The Morgan fingerprint density at radius 3 is 2.38 bits per heavy atom. The fraction of sp³-hybridized carbons (Fsp3) is 0.0556. The lowest BCUT2D eigenvalue weighted by molar-refractivity contribution is 0.0941. The summed E-state index contributed by atoms with van der Waals surface area (Å²) >= 11 is 5.94. The van der Waals surface area contributed by atoms with Gasteiger partial charge < -0.3 is 10.3 Å². The molecule has 6 heteroatoms. The van der Waals surface area contributed by atoms with Crippen LogP contribution in [0, 0.1) is 0 Å². The summed E-state index contributed by atoms with van der Waals surface area (Å²) < 4.78 is 0. The van der Waals surface area contributed by atoms with Crippen molar-refractivity contribution in [2.45, 2.75) is 6.04 Å². The Kier molecular flexibility index (Phi) is 4.72. The highest BCUT2D eigenvalue weighted by Crippen LogP contribution is 2.23. The molecule has 2 N–H and O–H groups in total. The maximum absolute atomic E-state index is 12.5. The molecule has 24 heavy (non-hydrogen) atoms. The summed E-state index contributed by atoms with van der Waals surface area (Å²) in [4.78, 5) is 30.8. The summed E-state index contributed by atoms with van der Waals surface area (Å²) in [6.07, 6.45) is 4.79. The van der Waals surface area contributed by atoms with Crippen molar-refractivity contribution in [3.8, 4) is 0 Å². The monoisotopic (exact) mass is 339 g/mol. The minimum Gasteiger partial charge on any atom is -0.341 e. The Balaban J connectivity index is 1.96. The van der Waals surface area contributed by atoms with Gasteiger partial charge in [0.25, 0.3) is 11.5 Å². The molecular formula is C18H14ClN3O2. The van der Waals surface area contributed by atoms with Crippen molar-refractivity contribution in [3.05, 3.63) is 99.2 Å². The molecule has 1 amide bonds. The first kappa shape index (κ1) is 16.0. The van der Waals surface area contributed by atoms with Crippen molar-refractivity contribution in [3.63, 3.8) is 0 Å². The second-order valence-corrected chi connectivity index (χ2v) is 5.59. The van der Waals surface area contributed by atoms with Crippen LogP contribution in [0.1, 0.15) is 27.5 Å². The molecule has 0 radical (unpaired) electrons. The van der Waals surface area contributed by atoms with Crippen molar-refractivity contribution < 1.29 is 4.79 Å². The zero-order chi connectivity index (χ0) is 16.9. The summed E-state index contributed by atoms with van der Waals surface area (Å²) in [5, 5.41) is 3.51. The van der Waals surface area contributed by atoms with E-state index < -0.39 is 17.5 Å². The summed E-state index contributed by atoms with van der Waals surface area (Å²) in [7, 11) is 0. The van der Waals surface area contributed by atoms with E-state index in [2.05, 4.69) is 15.3 Å². The number of carbonyl (C=O) groups excluding carboxylic acids is 1. The number of hydrogen-bond donors (Lipinski definition) is 2. The Hall–Kier alpha value is -2.92. The zero-order valence-corrected chi connectivity index (χ0v) is 13.3. The first-order chi connectivity index (χ1) is 11.6. The minimum atomic E-state index is -0.450. The Morgan fingerprint density at radius 2 is 1.71 bits per heavy atom. The van der Waals surface area contributed by atoms with E-state index in [9.17, 15) is 9.59 Å². The van der Waals surface area contributed by atoms with E-state index in [0.29, 0.717) is 5.02 Å². The van der Waals surface area contributed by atoms with Crippen LogP contribution < -0.4 is 10.9 Å². The van der Waals surface area contributed by atoms with Gasteiger partial charge in [0.15, 0.2) is 0 Å². The van der Waals surface area contributed by atoms with Gasteiger partial charge in [-0.15, -0.1) is 0 Å². The predicted octanol–water partition coefficient (Wildman–Crippen LogP) is 2.94. The van der Waals surface area contributed by atoms with E-state index in [4.69, 9.17) is 11.6 Å². The Labute approximate surface area is 143 Å². The van der Waals surface area contributed by atoms with E-state index in [1.165, 1.54) is 12.3 Å². The van der Waals surface area contributed by atoms with Gasteiger partial charge in [0, 0.05) is 23.6 Å². The maximum atomic E-state index is 12.5. The number of halogens is 1. The molecule has 1 aromatic carbocycles. The molecule has 2 aromatic heterocycles. The van der Waals surface area contributed by atoms with Gasteiger partial charge in [0.1, 0.15) is 5.56 Å². The van der Waals surface area contributed by atoms with Gasteiger partial charge in [-0.25, -0.2) is 0 Å². The number of H-pyrrole nitrogens is 1. The van der Waals surface area contributed by atoms with Gasteiger partial charge in [-0.3, -0.25) is 14.6 Å². The number of pyridine rings is 2. The average molecular weight is 340 g/mol. The largest absolute Gasteiger partial charge is 0.341 e. The lowest BCUT2D eigenvalue weighted by Gasteiger charge is -2.19. The molecule has 0 aliphatic carbocycles. The third-order valence-corrected chi connectivity index (χ3v) is 3.83. The molecule has 0 bridgehead atoms. The Morgan fingerprint density at radius 1 is 1.04 bits per heavy atom. The van der Waals surface area contributed by atoms with Crippen molar-refractivity contribution >= 4 is 17.5 Å². The van der Waals surface area contributed by atoms with Crippen LogP contribution in [-0.4, -0.2) is 15.9 Å². The van der Waals surface area contributed by atoms with Crippen LogP contribution in [0.3, 0.4) is 0 Å². The van der Waals surface area contributed by atoms with E-state index in [0.717, 1.165) is 11.1 Å². The molecule has 3 rings (SSSR count). The molecule has 0 fully saturated rings. The van der Waals surface area contributed by atoms with E-state index >= 15 is 0 Å². The van der Waals surface area contributed by atoms with Crippen LogP contribution in [0.15, 0.2) is 71.9 Å². The first-order valence-corrected chi connectivity index (χ1v) is 7.67. The molecule has 3 aromatic rings. The van der Waals surface area contributed by atoms with Crippen molar-refractivity contribution in [1.29, 1.82) is 0 Å². The number of nitrogens with one attached hydrogen (secondary N) is 2. The van der Waals surface area contributed by atoms with Crippen LogP contribution in [0.5, 0.6) is 0 Å². The standard InChI is InChI=1S/C18H14ClN3O2/c19-14-5-3-12(4-6-14)16(13-7-10-20-11-8-13)22-18(24)15-2-1-9-21-17(15)23/h1-11,16H,(H,21,23)(H,22,24)/t16-/m0/s1. The second-order valence-electron chi connectivity index (χ2n) is 5.15. The third-order valence-electron chi connectivity index (χ3n) is 3.58. The zero-order valence-electron chi connectivity index (χ0n) is 12.6. The number of hydrogen-bond acceptors (Lipinski definition) is 3. The fourth-order valence-electron chi connectivity index (χ4n) is 2.38. The molecule has 120 valence electrons. The summed E-state index contributed by atoms with van der Waals surface area (Å²) in [6.45, 7) is 0. The molecule has 0 saturated carbocycles. The molecule has 2 heterocycles. The highest BCUT2D eigenvalue weighted by molar-refractivity contribution is 6.30. The first-order valence-electron chi connectivity index (χ1n) is 7.29. The van der Waals surface area contributed by atoms with Crippen LogP contribution >= 0.6 is 11.6 Å². The lowest BCUT2D eigenvalue weighted by Crippen LogP contribution is -2.33. The van der Waals surface area contributed by atoms with Gasteiger partial charge in [-0.05, 0) is 47.5 Å². The molecule has 0 aliphatic rings. The molecule has 0 spiro atoms. The van der Waals surface area contributed by atoms with Crippen molar-refractivity contribution in [2.24, 2.45) is 0 Å². The summed E-state index contributed by atoms with van der Waals surface area (Å²) in [5.74, 6) is -0.450. The highest BCUT2D eigenvalue weighted by atomic mass is 35.5. The number of carbonyl (C=O) groups is 1. The molecule has 0 aliphatic heterocycles. The van der Waals surface area contributed by atoms with Crippen LogP contribution in [0.4, 0.5) is 0 Å². The number of rotatable bonds is 4. The lowest BCUT2D eigenvalue weighted by atomic mass is 9.99. The smallest absolute Gasteiger partial charge is 0.260 e. The second kappa shape index (κ2) is 7.10. The van der Waals surface area contributed by atoms with Gasteiger partial charge in [0.2, 0.25) is 0 Å². The number of aromatic amines is 1. The van der Waals surface area contributed by atoms with Gasteiger partial charge in [-0.2, -0.15) is 0 Å². The van der Waals surface area contributed by atoms with E-state index in [1.807, 2.05) is 24.3 Å². The average Bonchev–Trinajstić information content (AvgIpc) is 2.61. The maximum Gasteiger partial charge on any atom is 0.260 e. The van der Waals surface area contributed by atoms with Gasteiger partial charge in [-0.1, -0.05) is 23.7 Å². The number of benzene rings is 1. The molecular weight excluding hydrogens is 326 g/mol. The summed E-state index contributed by atoms with van der Waals surface area (Å²) in [6, 6.07) is 13.5. The minimum absolute atomic E-state index is 0.0607. The number of amides is 1. The number of aromatic nitrogens is 2. The van der Waals surface area contributed by atoms with Crippen LogP contribution in [-0.2, 0) is 0 Å². The van der Waals surface area contributed by atoms with Crippen LogP contribution in [0.2, 0.25) is 5.02 Å². The normalized spacial score (nSPS) is 11.7. The third kappa shape index (κ3) is 3.52. The molecule has 5 nitrogen and oxygen atoms in total. The van der Waals surface area contributed by atoms with Gasteiger partial charge >= 0.3 is 0 Å². The van der Waals surface area contributed by atoms with Crippen molar-refractivity contribution in [1.82, 2.24) is 15.3 Å². The van der Waals surface area contributed by atoms with Crippen molar-refractivity contribution in [2.75, 3.05) is 0 Å².